The Morgan fingerprint density at radius 1 is 0.875 bits per heavy atom. The quantitative estimate of drug-likeness (QED) is 0.132. The zero-order valence-electron chi connectivity index (χ0n) is 19.5. The lowest BCUT2D eigenvalue weighted by Gasteiger charge is -2.27. The van der Waals surface area contributed by atoms with Crippen molar-refractivity contribution in [3.8, 4) is 0 Å². The van der Waals surface area contributed by atoms with Crippen LogP contribution in [-0.2, 0) is 32.7 Å². The van der Waals surface area contributed by atoms with Crippen molar-refractivity contribution in [3.05, 3.63) is 24.3 Å². The molecule has 0 fully saturated rings. The SMILES string of the molecule is C=C(C)C(=O)OCCNC(=O)N(CCOC(=O)C(=C)C)C(=O)OC[Si](C)(OCC)OCC. The molecule has 0 aromatic heterocycles. The number of carbonyl (C=O) groups excluding carboxylic acids is 4. The number of amides is 3. The molecule has 0 aliphatic carbocycles. The number of nitrogens with one attached hydrogen (secondary N) is 1. The maximum Gasteiger partial charge on any atom is 0.417 e. The van der Waals surface area contributed by atoms with Gasteiger partial charge in [0, 0.05) is 24.4 Å². The smallest absolute Gasteiger partial charge is 0.417 e. The Bertz CT molecular complexity index is 691. The Kier molecular flexibility index (Phi) is 13.9. The Morgan fingerprint density at radius 2 is 1.38 bits per heavy atom. The first-order valence-electron chi connectivity index (χ1n) is 10.1. The standard InChI is InChI=1S/C20H34N2O9Si/c1-8-30-32(7,31-9-2)14-29-20(26)22(11-13-28-18(24)16(5)6)19(25)21-10-12-27-17(23)15(3)4/h3,5,8-14H2,1-2,4,6-7H3,(H,21,25). The summed E-state index contributed by atoms with van der Waals surface area (Å²) in [6.07, 6.45) is -1.11. The third-order valence-electron chi connectivity index (χ3n) is 3.68. The van der Waals surface area contributed by atoms with Crippen molar-refractivity contribution in [2.45, 2.75) is 34.2 Å². The lowest BCUT2D eigenvalue weighted by atomic mass is 10.4. The van der Waals surface area contributed by atoms with Gasteiger partial charge in [0.1, 0.15) is 19.4 Å². The van der Waals surface area contributed by atoms with Gasteiger partial charge in [0.05, 0.1) is 13.1 Å². The first kappa shape index (κ1) is 29.3. The molecule has 32 heavy (non-hydrogen) atoms. The van der Waals surface area contributed by atoms with E-state index in [1.807, 2.05) is 0 Å². The second kappa shape index (κ2) is 15.2. The van der Waals surface area contributed by atoms with Crippen molar-refractivity contribution in [3.63, 3.8) is 0 Å². The number of esters is 2. The van der Waals surface area contributed by atoms with Crippen molar-refractivity contribution in [2.75, 3.05) is 45.7 Å². The molecule has 12 heteroatoms. The van der Waals surface area contributed by atoms with Crippen LogP contribution < -0.4 is 5.32 Å². The van der Waals surface area contributed by atoms with E-state index in [1.165, 1.54) is 13.8 Å². The molecule has 0 bridgehead atoms. The number of hydrogen-bond acceptors (Lipinski definition) is 9. The van der Waals surface area contributed by atoms with E-state index in [2.05, 4.69) is 18.5 Å². The second-order valence-corrected chi connectivity index (χ2v) is 9.90. The summed E-state index contributed by atoms with van der Waals surface area (Å²) in [6.45, 7) is 15.3. The van der Waals surface area contributed by atoms with Crippen molar-refractivity contribution >= 4 is 32.6 Å². The summed E-state index contributed by atoms with van der Waals surface area (Å²) < 4.78 is 26.3. The molecule has 0 unspecified atom stereocenters. The maximum atomic E-state index is 12.6. The largest absolute Gasteiger partial charge is 0.460 e. The fourth-order valence-electron chi connectivity index (χ4n) is 2.16. The minimum atomic E-state index is -2.78. The number of rotatable bonds is 14. The maximum absolute atomic E-state index is 12.6. The van der Waals surface area contributed by atoms with Gasteiger partial charge in [0.15, 0.2) is 0 Å². The van der Waals surface area contributed by atoms with Crippen molar-refractivity contribution in [1.29, 1.82) is 0 Å². The highest BCUT2D eigenvalue weighted by Gasteiger charge is 2.35. The molecule has 0 saturated heterocycles. The van der Waals surface area contributed by atoms with E-state index >= 15 is 0 Å². The Balaban J connectivity index is 5.02. The average molecular weight is 475 g/mol. The topological polar surface area (TPSA) is 130 Å². The minimum absolute atomic E-state index is 0.0580. The molecule has 182 valence electrons. The van der Waals surface area contributed by atoms with Crippen LogP contribution in [0, 0.1) is 0 Å². The second-order valence-electron chi connectivity index (χ2n) is 6.77. The minimum Gasteiger partial charge on any atom is -0.460 e. The molecule has 0 radical (unpaired) electrons. The normalized spacial score (nSPS) is 10.7. The van der Waals surface area contributed by atoms with Crippen LogP contribution in [0.15, 0.2) is 24.3 Å². The van der Waals surface area contributed by atoms with Crippen LogP contribution in [0.5, 0.6) is 0 Å². The lowest BCUT2D eigenvalue weighted by molar-refractivity contribution is -0.139. The van der Waals surface area contributed by atoms with Gasteiger partial charge in [-0.05, 0) is 34.2 Å². The van der Waals surface area contributed by atoms with Gasteiger partial charge in [-0.2, -0.15) is 0 Å². The molecular formula is C20H34N2O9Si. The zero-order chi connectivity index (χ0) is 24.7. The lowest BCUT2D eigenvalue weighted by Crippen LogP contribution is -2.50. The van der Waals surface area contributed by atoms with Crippen LogP contribution in [-0.4, -0.2) is 83.3 Å². The molecular weight excluding hydrogens is 440 g/mol. The zero-order valence-corrected chi connectivity index (χ0v) is 20.5. The molecule has 0 atom stereocenters. The van der Waals surface area contributed by atoms with Crippen LogP contribution >= 0.6 is 0 Å². The monoisotopic (exact) mass is 474 g/mol. The third kappa shape index (κ3) is 11.6. The molecule has 0 aliphatic heterocycles. The highest BCUT2D eigenvalue weighted by molar-refractivity contribution is 6.66. The van der Waals surface area contributed by atoms with E-state index < -0.39 is 32.6 Å². The number of imide groups is 1. The van der Waals surface area contributed by atoms with Gasteiger partial charge in [-0.25, -0.2) is 24.1 Å². The Labute approximate surface area is 189 Å². The predicted molar refractivity (Wildman–Crippen MR) is 118 cm³/mol. The third-order valence-corrected chi connectivity index (χ3v) is 6.15. The summed E-state index contributed by atoms with van der Waals surface area (Å²) >= 11 is 0. The van der Waals surface area contributed by atoms with Crippen molar-refractivity contribution in [1.82, 2.24) is 10.2 Å². The fourth-order valence-corrected chi connectivity index (χ4v) is 4.01. The summed E-state index contributed by atoms with van der Waals surface area (Å²) in [5.41, 5.74) is 0.398. The molecule has 0 aromatic rings. The van der Waals surface area contributed by atoms with Crippen LogP contribution in [0.2, 0.25) is 6.55 Å². The highest BCUT2D eigenvalue weighted by Crippen LogP contribution is 2.09. The van der Waals surface area contributed by atoms with E-state index in [4.69, 9.17) is 23.1 Å². The average Bonchev–Trinajstić information content (AvgIpc) is 2.72. The van der Waals surface area contributed by atoms with Crippen LogP contribution in [0.3, 0.4) is 0 Å². The predicted octanol–water partition coefficient (Wildman–Crippen LogP) is 2.06. The number of carbonyl (C=O) groups is 4. The van der Waals surface area contributed by atoms with Gasteiger partial charge in [0.2, 0.25) is 0 Å². The van der Waals surface area contributed by atoms with Gasteiger partial charge in [-0.15, -0.1) is 0 Å². The summed E-state index contributed by atoms with van der Waals surface area (Å²) in [5, 5.41) is 2.44. The van der Waals surface area contributed by atoms with Gasteiger partial charge >= 0.3 is 32.6 Å². The summed E-state index contributed by atoms with van der Waals surface area (Å²) in [5.74, 6) is -1.25. The molecule has 0 aromatic carbocycles. The van der Waals surface area contributed by atoms with Gasteiger partial charge < -0.3 is 28.4 Å². The molecule has 0 spiro atoms. The molecule has 0 saturated carbocycles. The van der Waals surface area contributed by atoms with Gasteiger partial charge in [-0.1, -0.05) is 13.2 Å². The molecule has 11 nitrogen and oxygen atoms in total. The van der Waals surface area contributed by atoms with Crippen LogP contribution in [0.4, 0.5) is 9.59 Å². The van der Waals surface area contributed by atoms with Gasteiger partial charge in [-0.3, -0.25) is 0 Å². The molecule has 0 aliphatic rings. The number of nitrogens with zero attached hydrogens (tertiary/aromatic N) is 1. The van der Waals surface area contributed by atoms with Crippen molar-refractivity contribution in [2.24, 2.45) is 0 Å². The molecule has 0 heterocycles. The Hall–Kier alpha value is -2.70. The first-order chi connectivity index (χ1) is 15.0. The first-order valence-corrected chi connectivity index (χ1v) is 12.6. The van der Waals surface area contributed by atoms with E-state index in [1.54, 1.807) is 20.4 Å². The summed E-state index contributed by atoms with van der Waals surface area (Å²) in [4.78, 5) is 48.7. The van der Waals surface area contributed by atoms with E-state index in [9.17, 15) is 19.2 Å². The number of ether oxygens (including phenoxy) is 3. The van der Waals surface area contributed by atoms with Crippen LogP contribution in [0.25, 0.3) is 0 Å². The van der Waals surface area contributed by atoms with E-state index in [0.29, 0.717) is 13.2 Å². The van der Waals surface area contributed by atoms with Gasteiger partial charge in [0.25, 0.3) is 0 Å². The summed E-state index contributed by atoms with van der Waals surface area (Å²) in [7, 11) is -2.78. The number of urea groups is 1. The van der Waals surface area contributed by atoms with E-state index in [-0.39, 0.29) is 43.7 Å². The highest BCUT2D eigenvalue weighted by atomic mass is 28.4. The summed E-state index contributed by atoms with van der Waals surface area (Å²) in [6, 6.07) is -0.816. The van der Waals surface area contributed by atoms with Crippen LogP contribution in [0.1, 0.15) is 27.7 Å². The molecule has 3 amide bonds. The molecule has 0 rings (SSSR count). The molecule has 1 N–H and O–H groups in total. The Morgan fingerprint density at radius 3 is 1.84 bits per heavy atom. The van der Waals surface area contributed by atoms with E-state index in [0.717, 1.165) is 4.90 Å². The fraction of sp³-hybridized carbons (Fsp3) is 0.600. The van der Waals surface area contributed by atoms with Crippen molar-refractivity contribution < 1.29 is 42.2 Å². The number of hydrogen-bond donors (Lipinski definition) is 1.